The number of sulfone groups is 1. The maximum absolute atomic E-state index is 12.2. The molecule has 19 heavy (non-hydrogen) atoms. The highest BCUT2D eigenvalue weighted by molar-refractivity contribution is 7.91. The van der Waals surface area contributed by atoms with Crippen molar-refractivity contribution in [3.8, 4) is 0 Å². The maximum Gasteiger partial charge on any atom is 0.180 e. The van der Waals surface area contributed by atoms with E-state index >= 15 is 0 Å². The van der Waals surface area contributed by atoms with Gasteiger partial charge in [-0.05, 0) is 36.8 Å². The fourth-order valence-electron chi connectivity index (χ4n) is 2.40. The summed E-state index contributed by atoms with van der Waals surface area (Å²) in [5, 5.41) is 0. The third-order valence-corrected chi connectivity index (χ3v) is 5.12. The monoisotopic (exact) mass is 272 g/mol. The Labute approximate surface area is 113 Å². The first-order chi connectivity index (χ1) is 9.18. The Morgan fingerprint density at radius 3 is 2.68 bits per heavy atom. The first-order valence-electron chi connectivity index (χ1n) is 6.24. The summed E-state index contributed by atoms with van der Waals surface area (Å²) in [4.78, 5) is 2.45. The van der Waals surface area contributed by atoms with Gasteiger partial charge >= 0.3 is 0 Å². The van der Waals surface area contributed by atoms with Crippen LogP contribution in [0.15, 0.2) is 53.4 Å². The molecule has 2 aromatic rings. The lowest BCUT2D eigenvalue weighted by Crippen LogP contribution is -2.17. The average molecular weight is 272 g/mol. The molecule has 0 fully saturated rings. The Morgan fingerprint density at radius 2 is 1.89 bits per heavy atom. The summed E-state index contributed by atoms with van der Waals surface area (Å²) in [5.74, 6) is 0.196. The predicted molar refractivity (Wildman–Crippen MR) is 75.4 cm³/mol. The maximum atomic E-state index is 12.2. The first-order valence-corrected chi connectivity index (χ1v) is 7.89. The van der Waals surface area contributed by atoms with E-state index in [1.54, 1.807) is 12.1 Å². The molecule has 3 nitrogen and oxygen atoms in total. The van der Waals surface area contributed by atoms with Crippen molar-refractivity contribution < 1.29 is 8.42 Å². The Hall–Kier alpha value is -1.81. The van der Waals surface area contributed by atoms with E-state index in [1.165, 1.54) is 0 Å². The van der Waals surface area contributed by atoms with Crippen LogP contribution >= 0.6 is 0 Å². The van der Waals surface area contributed by atoms with Crippen LogP contribution in [0.1, 0.15) is 6.42 Å². The second kappa shape index (κ2) is 4.70. The van der Waals surface area contributed by atoms with Gasteiger partial charge in [0.15, 0.2) is 9.84 Å². The Balaban J connectivity index is 2.18. The molecule has 0 N–H and O–H groups in total. The number of nitrogens with zero attached hydrogens (tertiary/aromatic N) is 1. The van der Waals surface area contributed by atoms with Gasteiger partial charge in [0, 0.05) is 12.2 Å². The molecule has 0 amide bonds. The number of benzene rings is 2. The molecule has 4 heteroatoms. The summed E-state index contributed by atoms with van der Waals surface area (Å²) in [6.45, 7) is 0.709. The number of anilines is 2. The summed E-state index contributed by atoms with van der Waals surface area (Å²) in [7, 11) is -3.19. The van der Waals surface area contributed by atoms with Crippen molar-refractivity contribution >= 4 is 21.2 Å². The third kappa shape index (κ3) is 2.24. The SMILES string of the molecule is O=S1(=O)CCCN(c2ccccc2)c2cc[c]cc21. The average Bonchev–Trinajstić information content (AvgIpc) is 2.57. The fraction of sp³-hybridized carbons (Fsp3) is 0.200. The van der Waals surface area contributed by atoms with Gasteiger partial charge in [0.05, 0.1) is 16.3 Å². The van der Waals surface area contributed by atoms with Crippen LogP contribution in [-0.2, 0) is 9.84 Å². The van der Waals surface area contributed by atoms with Crippen LogP contribution in [0.4, 0.5) is 11.4 Å². The van der Waals surface area contributed by atoms with Gasteiger partial charge in [-0.25, -0.2) is 8.42 Å². The van der Waals surface area contributed by atoms with Crippen LogP contribution in [0, 0.1) is 6.07 Å². The molecule has 0 saturated heterocycles. The minimum absolute atomic E-state index is 0.196. The van der Waals surface area contributed by atoms with Crippen LogP contribution in [0.5, 0.6) is 0 Å². The van der Waals surface area contributed by atoms with E-state index < -0.39 is 9.84 Å². The molecule has 3 rings (SSSR count). The van der Waals surface area contributed by atoms with Crippen molar-refractivity contribution in [1.29, 1.82) is 0 Å². The highest BCUT2D eigenvalue weighted by Gasteiger charge is 2.26. The van der Waals surface area contributed by atoms with Crippen LogP contribution < -0.4 is 4.90 Å². The molecular weight excluding hydrogens is 258 g/mol. The standard InChI is InChI=1S/C15H14NO2S/c17-19(18)12-6-11-16(13-7-2-1-3-8-13)14-9-4-5-10-15(14)19/h1-4,7-10H,6,11-12H2. The van der Waals surface area contributed by atoms with Gasteiger partial charge in [-0.1, -0.05) is 24.3 Å². The van der Waals surface area contributed by atoms with Gasteiger partial charge in [-0.15, -0.1) is 0 Å². The lowest BCUT2D eigenvalue weighted by molar-refractivity contribution is 0.596. The minimum Gasteiger partial charge on any atom is -0.340 e. The van der Waals surface area contributed by atoms with E-state index in [2.05, 4.69) is 11.0 Å². The molecular formula is C15H14NO2S. The van der Waals surface area contributed by atoms with Crippen LogP contribution in [0.2, 0.25) is 0 Å². The van der Waals surface area contributed by atoms with Crippen LogP contribution in [0.3, 0.4) is 0 Å². The van der Waals surface area contributed by atoms with Crippen LogP contribution in [0.25, 0.3) is 0 Å². The molecule has 1 radical (unpaired) electrons. The zero-order valence-electron chi connectivity index (χ0n) is 10.4. The van der Waals surface area contributed by atoms with E-state index in [0.717, 1.165) is 11.4 Å². The molecule has 0 aliphatic carbocycles. The zero-order valence-corrected chi connectivity index (χ0v) is 11.2. The molecule has 1 heterocycles. The van der Waals surface area contributed by atoms with Crippen molar-refractivity contribution in [3.63, 3.8) is 0 Å². The highest BCUT2D eigenvalue weighted by atomic mass is 32.2. The Kier molecular flexibility index (Phi) is 3.03. The molecule has 2 aromatic carbocycles. The number of hydrogen-bond donors (Lipinski definition) is 0. The van der Waals surface area contributed by atoms with Crippen molar-refractivity contribution in [2.75, 3.05) is 17.2 Å². The third-order valence-electron chi connectivity index (χ3n) is 3.29. The second-order valence-electron chi connectivity index (χ2n) is 4.55. The topological polar surface area (TPSA) is 37.4 Å². The lowest BCUT2D eigenvalue weighted by Gasteiger charge is -2.24. The zero-order chi connectivity index (χ0) is 13.3. The van der Waals surface area contributed by atoms with Crippen molar-refractivity contribution in [3.05, 3.63) is 54.6 Å². The summed E-state index contributed by atoms with van der Waals surface area (Å²) >= 11 is 0. The van der Waals surface area contributed by atoms with Crippen LogP contribution in [-0.4, -0.2) is 20.7 Å². The molecule has 0 unspecified atom stereocenters. The molecule has 0 saturated carbocycles. The fourth-order valence-corrected chi connectivity index (χ4v) is 3.87. The summed E-state index contributed by atoms with van der Waals surface area (Å²) < 4.78 is 24.4. The van der Waals surface area contributed by atoms with E-state index in [4.69, 9.17) is 0 Å². The number of para-hydroxylation sites is 1. The van der Waals surface area contributed by atoms with Crippen molar-refractivity contribution in [2.24, 2.45) is 0 Å². The number of rotatable bonds is 1. The number of fused-ring (bicyclic) bond motifs is 1. The van der Waals surface area contributed by atoms with Gasteiger partial charge in [-0.2, -0.15) is 0 Å². The minimum atomic E-state index is -3.19. The van der Waals surface area contributed by atoms with Gasteiger partial charge < -0.3 is 4.90 Å². The second-order valence-corrected chi connectivity index (χ2v) is 6.63. The first kappa shape index (κ1) is 12.2. The van der Waals surface area contributed by atoms with E-state index in [1.807, 2.05) is 36.4 Å². The van der Waals surface area contributed by atoms with Gasteiger partial charge in [0.2, 0.25) is 0 Å². The Morgan fingerprint density at radius 1 is 1.11 bits per heavy atom. The highest BCUT2D eigenvalue weighted by Crippen LogP contribution is 2.34. The summed E-state index contributed by atoms with van der Waals surface area (Å²) in [6.07, 6.45) is 0.631. The molecule has 0 bridgehead atoms. The molecule has 1 aliphatic rings. The smallest absolute Gasteiger partial charge is 0.180 e. The quantitative estimate of drug-likeness (QED) is 0.801. The van der Waals surface area contributed by atoms with Gasteiger partial charge in [-0.3, -0.25) is 0 Å². The van der Waals surface area contributed by atoms with Crippen molar-refractivity contribution in [2.45, 2.75) is 11.3 Å². The normalized spacial score (nSPS) is 17.6. The van der Waals surface area contributed by atoms with E-state index in [9.17, 15) is 8.42 Å². The number of hydrogen-bond acceptors (Lipinski definition) is 3. The largest absolute Gasteiger partial charge is 0.340 e. The Bertz CT molecular complexity index is 680. The summed E-state index contributed by atoms with van der Waals surface area (Å²) in [6, 6.07) is 17.9. The van der Waals surface area contributed by atoms with Gasteiger partial charge in [0.1, 0.15) is 0 Å². The summed E-state index contributed by atoms with van der Waals surface area (Å²) in [5.41, 5.74) is 1.77. The molecule has 0 spiro atoms. The van der Waals surface area contributed by atoms with Crippen molar-refractivity contribution in [1.82, 2.24) is 0 Å². The molecule has 97 valence electrons. The molecule has 0 aromatic heterocycles. The van der Waals surface area contributed by atoms with E-state index in [0.29, 0.717) is 17.9 Å². The van der Waals surface area contributed by atoms with E-state index in [-0.39, 0.29) is 5.75 Å². The lowest BCUT2D eigenvalue weighted by atomic mass is 10.2. The predicted octanol–water partition coefficient (Wildman–Crippen LogP) is 2.80. The van der Waals surface area contributed by atoms with Gasteiger partial charge in [0.25, 0.3) is 0 Å². The molecule has 0 atom stereocenters. The molecule has 1 aliphatic heterocycles.